The highest BCUT2D eigenvalue weighted by Gasteiger charge is 2.15. The molecule has 1 N–H and O–H groups in total. The molecule has 2 aromatic carbocycles. The van der Waals surface area contributed by atoms with Crippen LogP contribution in [0.3, 0.4) is 0 Å². The maximum absolute atomic E-state index is 12.3. The van der Waals surface area contributed by atoms with Gasteiger partial charge in [0.25, 0.3) is 11.6 Å². The van der Waals surface area contributed by atoms with Gasteiger partial charge < -0.3 is 4.74 Å². The number of amides is 1. The van der Waals surface area contributed by atoms with E-state index in [4.69, 9.17) is 4.74 Å². The lowest BCUT2D eigenvalue weighted by Crippen LogP contribution is -2.12. The lowest BCUT2D eigenvalue weighted by Gasteiger charge is -2.04. The number of nitrogens with zero attached hydrogens (tertiary/aromatic N) is 3. The van der Waals surface area contributed by atoms with Crippen LogP contribution in [0.15, 0.2) is 48.5 Å². The molecule has 0 saturated carbocycles. The molecule has 0 bridgehead atoms. The SMILES string of the molecule is Cc1cc(C(=O)Nc2nnc(CCCOc3ccccc3)s2)ccc1[N+](=O)[O-]. The maximum Gasteiger partial charge on any atom is 0.272 e. The largest absolute Gasteiger partial charge is 0.494 e. The minimum Gasteiger partial charge on any atom is -0.494 e. The molecule has 28 heavy (non-hydrogen) atoms. The van der Waals surface area contributed by atoms with Crippen molar-refractivity contribution in [1.29, 1.82) is 0 Å². The number of nitro benzene ring substituents is 1. The molecule has 3 rings (SSSR count). The number of benzene rings is 2. The molecular weight excluding hydrogens is 380 g/mol. The van der Waals surface area contributed by atoms with Gasteiger partial charge in [-0.25, -0.2) is 0 Å². The molecule has 1 aromatic heterocycles. The number of para-hydroxylation sites is 1. The Morgan fingerprint density at radius 3 is 2.71 bits per heavy atom. The van der Waals surface area contributed by atoms with E-state index >= 15 is 0 Å². The molecule has 0 aliphatic heterocycles. The van der Waals surface area contributed by atoms with Crippen molar-refractivity contribution < 1.29 is 14.5 Å². The van der Waals surface area contributed by atoms with Crippen molar-refractivity contribution in [3.63, 3.8) is 0 Å². The molecule has 0 fully saturated rings. The third kappa shape index (κ3) is 5.10. The van der Waals surface area contributed by atoms with Crippen molar-refractivity contribution in [2.45, 2.75) is 19.8 Å². The zero-order valence-corrected chi connectivity index (χ0v) is 15.9. The first kappa shape index (κ1) is 19.4. The van der Waals surface area contributed by atoms with Crippen LogP contribution in [0.25, 0.3) is 0 Å². The van der Waals surface area contributed by atoms with Gasteiger partial charge in [-0.3, -0.25) is 20.2 Å². The smallest absolute Gasteiger partial charge is 0.272 e. The van der Waals surface area contributed by atoms with Gasteiger partial charge in [0, 0.05) is 23.6 Å². The van der Waals surface area contributed by atoms with E-state index in [9.17, 15) is 14.9 Å². The van der Waals surface area contributed by atoms with Gasteiger partial charge in [0.15, 0.2) is 0 Å². The van der Waals surface area contributed by atoms with Crippen molar-refractivity contribution in [3.05, 3.63) is 74.8 Å². The van der Waals surface area contributed by atoms with E-state index in [0.29, 0.717) is 29.3 Å². The molecule has 0 radical (unpaired) electrons. The van der Waals surface area contributed by atoms with Gasteiger partial charge in [-0.05, 0) is 37.6 Å². The van der Waals surface area contributed by atoms with Crippen molar-refractivity contribution in [1.82, 2.24) is 10.2 Å². The van der Waals surface area contributed by atoms with Crippen molar-refractivity contribution in [2.75, 3.05) is 11.9 Å². The summed E-state index contributed by atoms with van der Waals surface area (Å²) < 4.78 is 5.63. The number of hydrogen-bond donors (Lipinski definition) is 1. The third-order valence-electron chi connectivity index (χ3n) is 3.89. The molecule has 8 nitrogen and oxygen atoms in total. The predicted octanol–water partition coefficient (Wildman–Crippen LogP) is 4.02. The first-order valence-corrected chi connectivity index (χ1v) is 9.41. The van der Waals surface area contributed by atoms with Gasteiger partial charge in [-0.15, -0.1) is 10.2 Å². The van der Waals surface area contributed by atoms with Crippen LogP contribution < -0.4 is 10.1 Å². The number of aromatic nitrogens is 2. The molecule has 3 aromatic rings. The third-order valence-corrected chi connectivity index (χ3v) is 4.79. The van der Waals surface area contributed by atoms with Crippen LogP contribution in [0.2, 0.25) is 0 Å². The fourth-order valence-corrected chi connectivity index (χ4v) is 3.28. The number of hydrogen-bond acceptors (Lipinski definition) is 7. The quantitative estimate of drug-likeness (QED) is 0.349. The number of ether oxygens (including phenoxy) is 1. The van der Waals surface area contributed by atoms with Crippen molar-refractivity contribution >= 4 is 28.1 Å². The average Bonchev–Trinajstić information content (AvgIpc) is 3.13. The Kier molecular flexibility index (Phi) is 6.28. The summed E-state index contributed by atoms with van der Waals surface area (Å²) in [5, 5.41) is 22.8. The number of anilines is 1. The number of rotatable bonds is 8. The lowest BCUT2D eigenvalue weighted by molar-refractivity contribution is -0.385. The zero-order chi connectivity index (χ0) is 19.9. The van der Waals surface area contributed by atoms with Gasteiger partial charge in [0.05, 0.1) is 11.5 Å². The Balaban J connectivity index is 1.50. The van der Waals surface area contributed by atoms with Crippen LogP contribution in [-0.4, -0.2) is 27.6 Å². The molecule has 0 spiro atoms. The summed E-state index contributed by atoms with van der Waals surface area (Å²) in [6.07, 6.45) is 1.47. The van der Waals surface area contributed by atoms with Gasteiger partial charge in [-0.2, -0.15) is 0 Å². The van der Waals surface area contributed by atoms with E-state index in [1.807, 2.05) is 30.3 Å². The van der Waals surface area contributed by atoms with E-state index in [0.717, 1.165) is 17.2 Å². The number of nitrogens with one attached hydrogen (secondary N) is 1. The average molecular weight is 398 g/mol. The van der Waals surface area contributed by atoms with Gasteiger partial charge >= 0.3 is 0 Å². The van der Waals surface area contributed by atoms with Gasteiger partial charge in [-0.1, -0.05) is 29.5 Å². The minimum atomic E-state index is -0.477. The molecule has 9 heteroatoms. The van der Waals surface area contributed by atoms with Gasteiger partial charge in [0.1, 0.15) is 10.8 Å². The fourth-order valence-electron chi connectivity index (χ4n) is 2.51. The number of carbonyl (C=O) groups excluding carboxylic acids is 1. The second kappa shape index (κ2) is 9.05. The van der Waals surface area contributed by atoms with E-state index in [1.54, 1.807) is 6.92 Å². The Bertz CT molecular complexity index is 975. The van der Waals surface area contributed by atoms with E-state index in [1.165, 1.54) is 29.5 Å². The summed E-state index contributed by atoms with van der Waals surface area (Å²) in [6, 6.07) is 13.8. The standard InChI is InChI=1S/C19H18N4O4S/c1-13-12-14(9-10-16(13)23(25)26)18(24)20-19-22-21-17(28-19)8-5-11-27-15-6-3-2-4-7-15/h2-4,6-7,9-10,12H,5,8,11H2,1H3,(H,20,22,24). The maximum atomic E-state index is 12.3. The Labute approximate surface area is 165 Å². The van der Waals surface area contributed by atoms with Crippen LogP contribution in [0, 0.1) is 17.0 Å². The second-order valence-electron chi connectivity index (χ2n) is 5.98. The Morgan fingerprint density at radius 2 is 2.00 bits per heavy atom. The first-order valence-electron chi connectivity index (χ1n) is 8.59. The molecule has 0 unspecified atom stereocenters. The van der Waals surface area contributed by atoms with Crippen LogP contribution >= 0.6 is 11.3 Å². The zero-order valence-electron chi connectivity index (χ0n) is 15.1. The monoisotopic (exact) mass is 398 g/mol. The number of carbonyl (C=O) groups is 1. The van der Waals surface area contributed by atoms with Crippen LogP contribution in [-0.2, 0) is 6.42 Å². The highest BCUT2D eigenvalue weighted by atomic mass is 32.1. The Morgan fingerprint density at radius 1 is 1.21 bits per heavy atom. The number of nitro groups is 1. The van der Waals surface area contributed by atoms with E-state index in [-0.39, 0.29) is 11.6 Å². The molecule has 144 valence electrons. The first-order chi connectivity index (χ1) is 13.5. The molecule has 0 aliphatic carbocycles. The summed E-state index contributed by atoms with van der Waals surface area (Å²) in [5.41, 5.74) is 0.734. The summed E-state index contributed by atoms with van der Waals surface area (Å²) >= 11 is 1.30. The van der Waals surface area contributed by atoms with Crippen molar-refractivity contribution in [3.8, 4) is 5.75 Å². The summed E-state index contributed by atoms with van der Waals surface area (Å²) in [4.78, 5) is 22.7. The highest BCUT2D eigenvalue weighted by molar-refractivity contribution is 7.15. The van der Waals surface area contributed by atoms with E-state index in [2.05, 4.69) is 15.5 Å². The second-order valence-corrected chi connectivity index (χ2v) is 7.04. The molecule has 0 saturated heterocycles. The Hall–Kier alpha value is -3.33. The molecule has 0 atom stereocenters. The fraction of sp³-hybridized carbons (Fsp3) is 0.211. The van der Waals surface area contributed by atoms with E-state index < -0.39 is 4.92 Å². The minimum absolute atomic E-state index is 0.0209. The van der Waals surface area contributed by atoms with Crippen LogP contribution in [0.5, 0.6) is 5.75 Å². The normalized spacial score (nSPS) is 10.5. The number of aryl methyl sites for hydroxylation is 2. The van der Waals surface area contributed by atoms with Crippen LogP contribution in [0.1, 0.15) is 27.3 Å². The molecule has 1 amide bonds. The predicted molar refractivity (Wildman–Crippen MR) is 106 cm³/mol. The molecular formula is C19H18N4O4S. The summed E-state index contributed by atoms with van der Waals surface area (Å²) in [7, 11) is 0. The van der Waals surface area contributed by atoms with Gasteiger partial charge in [0.2, 0.25) is 5.13 Å². The summed E-state index contributed by atoms with van der Waals surface area (Å²) in [5.74, 6) is 0.444. The topological polar surface area (TPSA) is 107 Å². The highest BCUT2D eigenvalue weighted by Crippen LogP contribution is 2.21. The van der Waals surface area contributed by atoms with Crippen LogP contribution in [0.4, 0.5) is 10.8 Å². The van der Waals surface area contributed by atoms with Crippen molar-refractivity contribution in [2.24, 2.45) is 0 Å². The molecule has 0 aliphatic rings. The summed E-state index contributed by atoms with van der Waals surface area (Å²) in [6.45, 7) is 2.16. The molecule has 1 heterocycles. The lowest BCUT2D eigenvalue weighted by atomic mass is 10.1.